The average Bonchev–Trinajstić information content (AvgIpc) is 2.66. The maximum absolute atomic E-state index is 6.17. The van der Waals surface area contributed by atoms with Gasteiger partial charge in [-0.05, 0) is 24.0 Å². The minimum atomic E-state index is 0.177. The van der Waals surface area contributed by atoms with Crippen molar-refractivity contribution in [2.75, 3.05) is 0 Å². The molecular weight excluding hydrogens is 228 g/mol. The molecule has 0 saturated carbocycles. The summed E-state index contributed by atoms with van der Waals surface area (Å²) < 4.78 is 1.27. The second-order valence-electron chi connectivity index (χ2n) is 5.59. The molecule has 0 fully saturated rings. The number of benzene rings is 1. The van der Waals surface area contributed by atoms with Crippen molar-refractivity contribution >= 4 is 21.6 Å². The van der Waals surface area contributed by atoms with Crippen LogP contribution in [-0.2, 0) is 6.42 Å². The van der Waals surface area contributed by atoms with Gasteiger partial charge >= 0.3 is 0 Å². The molecule has 3 heteroatoms. The zero-order valence-electron chi connectivity index (χ0n) is 10.7. The van der Waals surface area contributed by atoms with E-state index in [0.717, 1.165) is 18.4 Å². The topological polar surface area (TPSA) is 38.9 Å². The van der Waals surface area contributed by atoms with Crippen molar-refractivity contribution < 1.29 is 0 Å². The van der Waals surface area contributed by atoms with Crippen LogP contribution in [0.15, 0.2) is 24.3 Å². The minimum Gasteiger partial charge on any atom is -0.327 e. The first-order valence-electron chi connectivity index (χ1n) is 6.07. The zero-order valence-corrected chi connectivity index (χ0v) is 11.6. The van der Waals surface area contributed by atoms with Crippen LogP contribution in [0, 0.1) is 5.41 Å². The average molecular weight is 248 g/mol. The third-order valence-corrected chi connectivity index (χ3v) is 4.22. The molecule has 0 spiro atoms. The Bertz CT molecular complexity index is 463. The summed E-state index contributed by atoms with van der Waals surface area (Å²) >= 11 is 1.78. The van der Waals surface area contributed by atoms with Crippen molar-refractivity contribution in [3.05, 3.63) is 29.3 Å². The number of aryl methyl sites for hydroxylation is 1. The summed E-state index contributed by atoms with van der Waals surface area (Å²) in [4.78, 5) is 4.63. The van der Waals surface area contributed by atoms with Crippen LogP contribution in [0.5, 0.6) is 0 Å². The molecule has 1 aromatic heterocycles. The normalized spacial score (nSPS) is 14.1. The molecule has 2 N–H and O–H groups in total. The van der Waals surface area contributed by atoms with Crippen LogP contribution in [0.25, 0.3) is 10.2 Å². The first kappa shape index (κ1) is 12.5. The lowest BCUT2D eigenvalue weighted by molar-refractivity contribution is 0.306. The van der Waals surface area contributed by atoms with Crippen LogP contribution >= 0.6 is 11.3 Å². The van der Waals surface area contributed by atoms with Crippen LogP contribution in [0.1, 0.15) is 32.2 Å². The van der Waals surface area contributed by atoms with Gasteiger partial charge in [0.05, 0.1) is 15.2 Å². The second kappa shape index (κ2) is 4.75. The van der Waals surface area contributed by atoms with E-state index in [-0.39, 0.29) is 11.5 Å². The standard InChI is InChI=1S/C14H20N2S/c1-14(2,3)12(15)8-9-13-16-10-6-4-5-7-11(10)17-13/h4-7,12H,8-9,15H2,1-3H3. The molecule has 0 aliphatic heterocycles. The maximum Gasteiger partial charge on any atom is 0.0939 e. The third kappa shape index (κ3) is 3.05. The Morgan fingerprint density at radius 2 is 2.00 bits per heavy atom. The van der Waals surface area contributed by atoms with Crippen molar-refractivity contribution in [2.24, 2.45) is 11.1 Å². The number of hydrogen-bond acceptors (Lipinski definition) is 3. The van der Waals surface area contributed by atoms with E-state index < -0.39 is 0 Å². The third-order valence-electron chi connectivity index (χ3n) is 3.12. The molecule has 17 heavy (non-hydrogen) atoms. The molecule has 0 amide bonds. The number of thiazole rings is 1. The molecule has 0 bridgehead atoms. The minimum absolute atomic E-state index is 0.177. The highest BCUT2D eigenvalue weighted by Crippen LogP contribution is 2.25. The SMILES string of the molecule is CC(C)(C)C(N)CCc1nc2ccccc2s1. The van der Waals surface area contributed by atoms with E-state index in [0.29, 0.717) is 0 Å². The predicted molar refractivity (Wildman–Crippen MR) is 75.4 cm³/mol. The lowest BCUT2D eigenvalue weighted by atomic mass is 9.85. The van der Waals surface area contributed by atoms with Gasteiger partial charge in [-0.3, -0.25) is 0 Å². The van der Waals surface area contributed by atoms with Crippen molar-refractivity contribution in [1.82, 2.24) is 4.98 Å². The van der Waals surface area contributed by atoms with Crippen molar-refractivity contribution in [3.63, 3.8) is 0 Å². The van der Waals surface area contributed by atoms with Crippen LogP contribution in [0.3, 0.4) is 0 Å². The van der Waals surface area contributed by atoms with Crippen molar-refractivity contribution in [3.8, 4) is 0 Å². The van der Waals surface area contributed by atoms with Gasteiger partial charge in [-0.25, -0.2) is 4.98 Å². The van der Waals surface area contributed by atoms with Gasteiger partial charge in [0.25, 0.3) is 0 Å². The zero-order chi connectivity index (χ0) is 12.5. The second-order valence-corrected chi connectivity index (χ2v) is 6.70. The van der Waals surface area contributed by atoms with E-state index >= 15 is 0 Å². The molecular formula is C14H20N2S. The number of hydrogen-bond donors (Lipinski definition) is 1. The summed E-state index contributed by atoms with van der Waals surface area (Å²) in [6, 6.07) is 8.52. The Hall–Kier alpha value is -0.930. The van der Waals surface area contributed by atoms with E-state index in [2.05, 4.69) is 44.0 Å². The number of rotatable bonds is 3. The monoisotopic (exact) mass is 248 g/mol. The van der Waals surface area contributed by atoms with Gasteiger partial charge in [0.1, 0.15) is 0 Å². The van der Waals surface area contributed by atoms with Crippen LogP contribution in [-0.4, -0.2) is 11.0 Å². The Balaban J connectivity index is 2.04. The molecule has 2 rings (SSSR count). The number of aromatic nitrogens is 1. The summed E-state index contributed by atoms with van der Waals surface area (Å²) in [5, 5.41) is 1.20. The number of para-hydroxylation sites is 1. The first-order chi connectivity index (χ1) is 7.97. The molecule has 1 unspecified atom stereocenters. The lowest BCUT2D eigenvalue weighted by Gasteiger charge is -2.26. The summed E-state index contributed by atoms with van der Waals surface area (Å²) in [6.45, 7) is 6.57. The summed E-state index contributed by atoms with van der Waals surface area (Å²) in [7, 11) is 0. The fraction of sp³-hybridized carbons (Fsp3) is 0.500. The summed E-state index contributed by atoms with van der Waals surface area (Å²) in [5.41, 5.74) is 7.46. The molecule has 0 radical (unpaired) electrons. The van der Waals surface area contributed by atoms with Gasteiger partial charge in [0.15, 0.2) is 0 Å². The quantitative estimate of drug-likeness (QED) is 0.901. The Kier molecular flexibility index (Phi) is 3.50. The summed E-state index contributed by atoms with van der Waals surface area (Å²) in [6.07, 6.45) is 1.99. The van der Waals surface area contributed by atoms with E-state index in [1.165, 1.54) is 9.71 Å². The fourth-order valence-corrected chi connectivity index (χ4v) is 2.72. The number of nitrogens with zero attached hydrogens (tertiary/aromatic N) is 1. The highest BCUT2D eigenvalue weighted by Gasteiger charge is 2.20. The van der Waals surface area contributed by atoms with Gasteiger partial charge in [-0.15, -0.1) is 11.3 Å². The highest BCUT2D eigenvalue weighted by molar-refractivity contribution is 7.18. The summed E-state index contributed by atoms with van der Waals surface area (Å²) in [5.74, 6) is 0. The van der Waals surface area contributed by atoms with Crippen LogP contribution in [0.2, 0.25) is 0 Å². The van der Waals surface area contributed by atoms with Gasteiger partial charge < -0.3 is 5.73 Å². The molecule has 92 valence electrons. The molecule has 0 aliphatic rings. The van der Waals surface area contributed by atoms with Crippen molar-refractivity contribution in [2.45, 2.75) is 39.7 Å². The Morgan fingerprint density at radius 3 is 2.65 bits per heavy atom. The van der Waals surface area contributed by atoms with Crippen LogP contribution < -0.4 is 5.73 Å². The molecule has 1 atom stereocenters. The van der Waals surface area contributed by atoms with E-state index in [9.17, 15) is 0 Å². The Morgan fingerprint density at radius 1 is 1.29 bits per heavy atom. The van der Waals surface area contributed by atoms with Gasteiger partial charge in [-0.2, -0.15) is 0 Å². The van der Waals surface area contributed by atoms with Gasteiger partial charge in [0.2, 0.25) is 0 Å². The molecule has 0 saturated heterocycles. The van der Waals surface area contributed by atoms with E-state index in [1.807, 2.05) is 6.07 Å². The smallest absolute Gasteiger partial charge is 0.0939 e. The largest absolute Gasteiger partial charge is 0.327 e. The molecule has 1 heterocycles. The Labute approximate surface area is 107 Å². The molecule has 1 aromatic carbocycles. The highest BCUT2D eigenvalue weighted by atomic mass is 32.1. The molecule has 2 aromatic rings. The van der Waals surface area contributed by atoms with E-state index in [4.69, 9.17) is 5.73 Å². The maximum atomic E-state index is 6.17. The predicted octanol–water partition coefficient (Wildman–Crippen LogP) is 3.60. The molecule has 2 nitrogen and oxygen atoms in total. The number of fused-ring (bicyclic) bond motifs is 1. The lowest BCUT2D eigenvalue weighted by Crippen LogP contribution is -2.35. The first-order valence-corrected chi connectivity index (χ1v) is 6.88. The van der Waals surface area contributed by atoms with Crippen LogP contribution in [0.4, 0.5) is 0 Å². The fourth-order valence-electron chi connectivity index (χ4n) is 1.74. The van der Waals surface area contributed by atoms with Gasteiger partial charge in [-0.1, -0.05) is 32.9 Å². The number of nitrogens with two attached hydrogens (primary N) is 1. The van der Waals surface area contributed by atoms with Gasteiger partial charge in [0, 0.05) is 12.5 Å². The van der Waals surface area contributed by atoms with Crippen molar-refractivity contribution in [1.29, 1.82) is 0 Å². The van der Waals surface area contributed by atoms with E-state index in [1.54, 1.807) is 11.3 Å². The molecule has 0 aliphatic carbocycles.